The van der Waals surface area contributed by atoms with Gasteiger partial charge < -0.3 is 5.32 Å². The van der Waals surface area contributed by atoms with Crippen LogP contribution in [0.15, 0.2) is 18.2 Å². The van der Waals surface area contributed by atoms with Gasteiger partial charge in [-0.2, -0.15) is 0 Å². The molecule has 1 rings (SSSR count). The standard InChI is InChI=1S/C13H17ClN2O3/c1-4-8(2)9(3)15-13(17)10-6-5-7-11(14)12(10)16(18)19/h5-9H,4H2,1-3H3,(H,15,17). The molecule has 0 radical (unpaired) electrons. The average Bonchev–Trinajstić information content (AvgIpc) is 2.36. The van der Waals surface area contributed by atoms with Crippen molar-refractivity contribution >= 4 is 23.2 Å². The lowest BCUT2D eigenvalue weighted by atomic mass is 10.0. The van der Waals surface area contributed by atoms with Crippen LogP contribution in [0.4, 0.5) is 5.69 Å². The SMILES string of the molecule is CCC(C)C(C)NC(=O)c1cccc(Cl)c1[N+](=O)[O-]. The molecule has 0 aromatic heterocycles. The highest BCUT2D eigenvalue weighted by molar-refractivity contribution is 6.33. The monoisotopic (exact) mass is 284 g/mol. The van der Waals surface area contributed by atoms with Crippen LogP contribution in [0.2, 0.25) is 5.02 Å². The molecule has 2 atom stereocenters. The van der Waals surface area contributed by atoms with Crippen molar-refractivity contribution in [3.05, 3.63) is 38.9 Å². The predicted molar refractivity (Wildman–Crippen MR) is 74.5 cm³/mol. The maximum absolute atomic E-state index is 12.1. The average molecular weight is 285 g/mol. The molecule has 1 aromatic rings. The number of carbonyl (C=O) groups excluding carboxylic acids is 1. The Morgan fingerprint density at radius 3 is 2.63 bits per heavy atom. The lowest BCUT2D eigenvalue weighted by Gasteiger charge is -2.19. The molecule has 19 heavy (non-hydrogen) atoms. The molecule has 0 aliphatic carbocycles. The lowest BCUT2D eigenvalue weighted by Crippen LogP contribution is -2.37. The normalized spacial score (nSPS) is 13.7. The van der Waals surface area contributed by atoms with Crippen molar-refractivity contribution in [3.63, 3.8) is 0 Å². The van der Waals surface area contributed by atoms with Gasteiger partial charge in [-0.05, 0) is 25.0 Å². The fraction of sp³-hybridized carbons (Fsp3) is 0.462. The van der Waals surface area contributed by atoms with Gasteiger partial charge in [-0.3, -0.25) is 14.9 Å². The topological polar surface area (TPSA) is 72.2 Å². The second kappa shape index (κ2) is 6.52. The van der Waals surface area contributed by atoms with E-state index in [1.807, 2.05) is 20.8 Å². The minimum atomic E-state index is -0.634. The Labute approximate surface area is 117 Å². The van der Waals surface area contributed by atoms with Crippen molar-refractivity contribution in [1.82, 2.24) is 5.32 Å². The van der Waals surface area contributed by atoms with Gasteiger partial charge in [-0.25, -0.2) is 0 Å². The Balaban J connectivity index is 3.01. The summed E-state index contributed by atoms with van der Waals surface area (Å²) in [5, 5.41) is 13.7. The number of halogens is 1. The number of carbonyl (C=O) groups is 1. The number of para-hydroxylation sites is 1. The van der Waals surface area contributed by atoms with E-state index < -0.39 is 10.8 Å². The quantitative estimate of drug-likeness (QED) is 0.665. The first-order valence-corrected chi connectivity index (χ1v) is 6.50. The van der Waals surface area contributed by atoms with E-state index in [9.17, 15) is 14.9 Å². The van der Waals surface area contributed by atoms with Gasteiger partial charge in [0, 0.05) is 6.04 Å². The molecule has 0 heterocycles. The van der Waals surface area contributed by atoms with Crippen molar-refractivity contribution in [2.24, 2.45) is 5.92 Å². The van der Waals surface area contributed by atoms with Crippen molar-refractivity contribution in [3.8, 4) is 0 Å². The molecule has 1 aromatic carbocycles. The van der Waals surface area contributed by atoms with Gasteiger partial charge in [0.2, 0.25) is 0 Å². The second-order valence-corrected chi connectivity index (χ2v) is 4.95. The molecule has 0 aliphatic heterocycles. The van der Waals surface area contributed by atoms with E-state index in [-0.39, 0.29) is 22.3 Å². The summed E-state index contributed by atoms with van der Waals surface area (Å²) in [6.07, 6.45) is 0.916. The van der Waals surface area contributed by atoms with E-state index in [4.69, 9.17) is 11.6 Å². The zero-order valence-corrected chi connectivity index (χ0v) is 11.9. The second-order valence-electron chi connectivity index (χ2n) is 4.54. The van der Waals surface area contributed by atoms with Crippen LogP contribution in [-0.2, 0) is 0 Å². The maximum atomic E-state index is 12.1. The van der Waals surface area contributed by atoms with Gasteiger partial charge in [-0.15, -0.1) is 0 Å². The van der Waals surface area contributed by atoms with Gasteiger partial charge in [-0.1, -0.05) is 37.9 Å². The van der Waals surface area contributed by atoms with E-state index in [0.717, 1.165) is 6.42 Å². The Bertz CT molecular complexity index is 491. The number of rotatable bonds is 5. The van der Waals surface area contributed by atoms with Gasteiger partial charge in [0.1, 0.15) is 10.6 Å². The third-order valence-corrected chi connectivity index (χ3v) is 3.58. The first kappa shape index (κ1) is 15.4. The molecule has 2 unspecified atom stereocenters. The van der Waals surface area contributed by atoms with Crippen LogP contribution < -0.4 is 5.32 Å². The Hall–Kier alpha value is -1.62. The summed E-state index contributed by atoms with van der Waals surface area (Å²) in [7, 11) is 0. The zero-order chi connectivity index (χ0) is 14.6. The van der Waals surface area contributed by atoms with Gasteiger partial charge in [0.15, 0.2) is 0 Å². The zero-order valence-electron chi connectivity index (χ0n) is 11.1. The molecule has 5 nitrogen and oxygen atoms in total. The summed E-state index contributed by atoms with van der Waals surface area (Å²) < 4.78 is 0. The van der Waals surface area contributed by atoms with E-state index in [1.165, 1.54) is 18.2 Å². The van der Waals surface area contributed by atoms with E-state index in [2.05, 4.69) is 5.32 Å². The third kappa shape index (κ3) is 3.67. The molecule has 0 bridgehead atoms. The highest BCUT2D eigenvalue weighted by Crippen LogP contribution is 2.28. The summed E-state index contributed by atoms with van der Waals surface area (Å²) in [5.74, 6) is -0.177. The molecular weight excluding hydrogens is 268 g/mol. The van der Waals surface area contributed by atoms with E-state index in [0.29, 0.717) is 5.92 Å². The molecule has 0 fully saturated rings. The van der Waals surface area contributed by atoms with Crippen LogP contribution in [0, 0.1) is 16.0 Å². The van der Waals surface area contributed by atoms with Crippen LogP contribution in [0.25, 0.3) is 0 Å². The Kier molecular flexibility index (Phi) is 5.30. The molecular formula is C13H17ClN2O3. The number of nitro benzene ring substituents is 1. The third-order valence-electron chi connectivity index (χ3n) is 3.27. The van der Waals surface area contributed by atoms with Crippen LogP contribution in [0.3, 0.4) is 0 Å². The molecule has 0 saturated heterocycles. The fourth-order valence-corrected chi connectivity index (χ4v) is 1.91. The maximum Gasteiger partial charge on any atom is 0.300 e. The van der Waals surface area contributed by atoms with Gasteiger partial charge in [0.25, 0.3) is 5.91 Å². The number of nitro groups is 1. The lowest BCUT2D eigenvalue weighted by molar-refractivity contribution is -0.385. The molecule has 104 valence electrons. The van der Waals surface area contributed by atoms with Crippen LogP contribution in [0.1, 0.15) is 37.6 Å². The molecule has 0 aliphatic rings. The molecule has 6 heteroatoms. The van der Waals surface area contributed by atoms with Crippen molar-refractivity contribution in [2.75, 3.05) is 0 Å². The number of hydrogen-bond acceptors (Lipinski definition) is 3. The minimum Gasteiger partial charge on any atom is -0.349 e. The van der Waals surface area contributed by atoms with E-state index >= 15 is 0 Å². The van der Waals surface area contributed by atoms with Crippen LogP contribution in [0.5, 0.6) is 0 Å². The van der Waals surface area contributed by atoms with Gasteiger partial charge >= 0.3 is 5.69 Å². The number of nitrogens with zero attached hydrogens (tertiary/aromatic N) is 1. The number of hydrogen-bond donors (Lipinski definition) is 1. The summed E-state index contributed by atoms with van der Waals surface area (Å²) >= 11 is 5.77. The predicted octanol–water partition coefficient (Wildman–Crippen LogP) is 3.41. The highest BCUT2D eigenvalue weighted by atomic mass is 35.5. The van der Waals surface area contributed by atoms with Crippen LogP contribution in [-0.4, -0.2) is 16.9 Å². The van der Waals surface area contributed by atoms with Crippen molar-refractivity contribution in [2.45, 2.75) is 33.2 Å². The number of nitrogens with one attached hydrogen (secondary N) is 1. The van der Waals surface area contributed by atoms with Gasteiger partial charge in [0.05, 0.1) is 4.92 Å². The number of amides is 1. The molecule has 0 spiro atoms. The summed E-state index contributed by atoms with van der Waals surface area (Å²) in [6.45, 7) is 5.91. The Morgan fingerprint density at radius 1 is 1.47 bits per heavy atom. The fourth-order valence-electron chi connectivity index (χ4n) is 1.66. The smallest absolute Gasteiger partial charge is 0.300 e. The molecule has 0 saturated carbocycles. The summed E-state index contributed by atoms with van der Waals surface area (Å²) in [5.41, 5.74) is -0.356. The summed E-state index contributed by atoms with van der Waals surface area (Å²) in [6, 6.07) is 4.27. The van der Waals surface area contributed by atoms with Crippen LogP contribution >= 0.6 is 11.6 Å². The molecule has 1 N–H and O–H groups in total. The Morgan fingerprint density at radius 2 is 2.11 bits per heavy atom. The first-order valence-electron chi connectivity index (χ1n) is 6.12. The molecule has 1 amide bonds. The first-order chi connectivity index (χ1) is 8.88. The van der Waals surface area contributed by atoms with Crippen molar-refractivity contribution < 1.29 is 9.72 Å². The highest BCUT2D eigenvalue weighted by Gasteiger charge is 2.25. The van der Waals surface area contributed by atoms with E-state index in [1.54, 1.807) is 0 Å². The largest absolute Gasteiger partial charge is 0.349 e. The van der Waals surface area contributed by atoms with Crippen molar-refractivity contribution in [1.29, 1.82) is 0 Å². The number of benzene rings is 1. The summed E-state index contributed by atoms with van der Waals surface area (Å²) in [4.78, 5) is 22.4. The minimum absolute atomic E-state index is 0.00680.